The lowest BCUT2D eigenvalue weighted by Crippen LogP contribution is -2.10. The predicted octanol–water partition coefficient (Wildman–Crippen LogP) is 4.35. The van der Waals surface area contributed by atoms with Crippen molar-refractivity contribution in [1.29, 1.82) is 0 Å². The van der Waals surface area contributed by atoms with Crippen molar-refractivity contribution in [2.45, 2.75) is 6.42 Å². The van der Waals surface area contributed by atoms with Crippen molar-refractivity contribution >= 4 is 38.9 Å². The zero-order valence-corrected chi connectivity index (χ0v) is 14.9. The van der Waals surface area contributed by atoms with E-state index in [-0.39, 0.29) is 0 Å². The van der Waals surface area contributed by atoms with E-state index in [0.29, 0.717) is 17.1 Å². The van der Waals surface area contributed by atoms with Crippen LogP contribution in [-0.2, 0) is 6.42 Å². The van der Waals surface area contributed by atoms with Gasteiger partial charge in [0.2, 0.25) is 0 Å². The molecule has 0 saturated carbocycles. The van der Waals surface area contributed by atoms with Gasteiger partial charge < -0.3 is 0 Å². The van der Waals surface area contributed by atoms with Gasteiger partial charge in [0.05, 0.1) is 22.6 Å². The molecule has 0 atom stereocenters. The van der Waals surface area contributed by atoms with Gasteiger partial charge in [0.1, 0.15) is 4.60 Å². The maximum atomic E-state index is 5.95. The number of rotatable bonds is 5. The molecule has 120 valence electrons. The van der Waals surface area contributed by atoms with Gasteiger partial charge in [0.15, 0.2) is 0 Å². The molecule has 5 nitrogen and oxygen atoms in total. The Hall–Kier alpha value is -2.31. The largest absolute Gasteiger partial charge is 0.277 e. The van der Waals surface area contributed by atoms with Gasteiger partial charge in [-0.1, -0.05) is 17.7 Å². The van der Waals surface area contributed by atoms with Crippen LogP contribution in [0.25, 0.3) is 0 Å². The van der Waals surface area contributed by atoms with Gasteiger partial charge in [-0.25, -0.2) is 4.98 Å². The Morgan fingerprint density at radius 3 is 2.79 bits per heavy atom. The fourth-order valence-corrected chi connectivity index (χ4v) is 2.61. The number of pyridine rings is 3. The monoisotopic (exact) mass is 401 g/mol. The number of halogens is 2. The summed E-state index contributed by atoms with van der Waals surface area (Å²) in [5, 5.41) is 5.07. The minimum atomic E-state index is 0.549. The Balaban J connectivity index is 1.90. The summed E-state index contributed by atoms with van der Waals surface area (Å²) in [5.74, 6) is 0. The Labute approximate surface area is 153 Å². The van der Waals surface area contributed by atoms with E-state index in [2.05, 4.69) is 41.4 Å². The topological polar surface area (TPSA) is 63.1 Å². The van der Waals surface area contributed by atoms with E-state index < -0.39 is 0 Å². The highest BCUT2D eigenvalue weighted by Gasteiger charge is 2.08. The minimum Gasteiger partial charge on any atom is -0.277 e. The summed E-state index contributed by atoms with van der Waals surface area (Å²) in [5.41, 5.74) is 6.42. The number of aromatic nitrogens is 3. The molecule has 0 aliphatic rings. The standard InChI is InChI=1S/C17H13BrClN5/c18-17-7-12(4-6-22-17)16(9-14-3-1-2-5-21-14)24-23-15-8-13(19)10-20-11-15/h1-8,10-11,23H,9H2/b24-16-. The van der Waals surface area contributed by atoms with Crippen LogP contribution in [0.1, 0.15) is 11.3 Å². The average Bonchev–Trinajstić information content (AvgIpc) is 2.59. The van der Waals surface area contributed by atoms with Crippen molar-refractivity contribution in [3.05, 3.63) is 82.1 Å². The number of hydrazone groups is 1. The van der Waals surface area contributed by atoms with E-state index in [4.69, 9.17) is 11.6 Å². The highest BCUT2D eigenvalue weighted by atomic mass is 79.9. The summed E-state index contributed by atoms with van der Waals surface area (Å²) < 4.78 is 0.748. The van der Waals surface area contributed by atoms with Gasteiger partial charge in [0, 0.05) is 36.3 Å². The lowest BCUT2D eigenvalue weighted by Gasteiger charge is -2.08. The lowest BCUT2D eigenvalue weighted by molar-refractivity contribution is 1.12. The number of hydrogen-bond donors (Lipinski definition) is 1. The van der Waals surface area contributed by atoms with E-state index in [1.165, 1.54) is 0 Å². The van der Waals surface area contributed by atoms with Crippen LogP contribution >= 0.6 is 27.5 Å². The smallest absolute Gasteiger partial charge is 0.106 e. The molecule has 1 N–H and O–H groups in total. The molecule has 0 amide bonds. The summed E-state index contributed by atoms with van der Waals surface area (Å²) in [6.45, 7) is 0. The molecule has 3 aromatic rings. The Morgan fingerprint density at radius 2 is 2.04 bits per heavy atom. The first kappa shape index (κ1) is 16.5. The molecule has 0 radical (unpaired) electrons. The minimum absolute atomic E-state index is 0.549. The van der Waals surface area contributed by atoms with Crippen LogP contribution in [0.15, 0.2) is 70.9 Å². The fraction of sp³-hybridized carbons (Fsp3) is 0.0588. The molecule has 0 aliphatic heterocycles. The third-order valence-corrected chi connectivity index (χ3v) is 3.80. The molecule has 0 aromatic carbocycles. The van der Waals surface area contributed by atoms with Crippen molar-refractivity contribution in [3.8, 4) is 0 Å². The average molecular weight is 403 g/mol. The van der Waals surface area contributed by atoms with Crippen molar-refractivity contribution in [1.82, 2.24) is 15.0 Å². The van der Waals surface area contributed by atoms with Crippen molar-refractivity contribution in [2.24, 2.45) is 5.10 Å². The summed E-state index contributed by atoms with van der Waals surface area (Å²) in [6.07, 6.45) is 7.32. The highest BCUT2D eigenvalue weighted by Crippen LogP contribution is 2.15. The molecule has 0 unspecified atom stereocenters. The Bertz CT molecular complexity index is 854. The van der Waals surface area contributed by atoms with Crippen LogP contribution < -0.4 is 5.43 Å². The fourth-order valence-electron chi connectivity index (χ4n) is 2.07. The molecular formula is C17H13BrClN5. The van der Waals surface area contributed by atoms with E-state index >= 15 is 0 Å². The van der Waals surface area contributed by atoms with Gasteiger partial charge in [-0.3, -0.25) is 15.4 Å². The van der Waals surface area contributed by atoms with Crippen molar-refractivity contribution in [3.63, 3.8) is 0 Å². The molecule has 3 heterocycles. The Morgan fingerprint density at radius 1 is 1.12 bits per heavy atom. The maximum absolute atomic E-state index is 5.95. The number of nitrogens with one attached hydrogen (secondary N) is 1. The maximum Gasteiger partial charge on any atom is 0.106 e. The lowest BCUT2D eigenvalue weighted by atomic mass is 10.1. The van der Waals surface area contributed by atoms with Crippen molar-refractivity contribution < 1.29 is 0 Å². The molecule has 0 saturated heterocycles. The summed E-state index contributed by atoms with van der Waals surface area (Å²) in [4.78, 5) is 12.6. The molecule has 0 bridgehead atoms. The van der Waals surface area contributed by atoms with E-state index in [0.717, 1.165) is 21.6 Å². The van der Waals surface area contributed by atoms with Crippen LogP contribution in [0.3, 0.4) is 0 Å². The van der Waals surface area contributed by atoms with Gasteiger partial charge in [0.25, 0.3) is 0 Å². The van der Waals surface area contributed by atoms with Crippen LogP contribution in [0.4, 0.5) is 5.69 Å². The second kappa shape index (κ2) is 7.99. The van der Waals surface area contributed by atoms with Crippen LogP contribution in [-0.4, -0.2) is 20.7 Å². The number of anilines is 1. The molecule has 0 fully saturated rings. The van der Waals surface area contributed by atoms with Gasteiger partial charge >= 0.3 is 0 Å². The summed E-state index contributed by atoms with van der Waals surface area (Å²) in [6, 6.07) is 11.4. The van der Waals surface area contributed by atoms with Gasteiger partial charge in [-0.2, -0.15) is 5.10 Å². The van der Waals surface area contributed by atoms with Gasteiger partial charge in [-0.15, -0.1) is 0 Å². The van der Waals surface area contributed by atoms with Gasteiger partial charge in [-0.05, 0) is 46.3 Å². The molecular weight excluding hydrogens is 390 g/mol. The van der Waals surface area contributed by atoms with Crippen molar-refractivity contribution in [2.75, 3.05) is 5.43 Å². The molecule has 3 rings (SSSR count). The summed E-state index contributed by atoms with van der Waals surface area (Å²) >= 11 is 9.34. The zero-order valence-electron chi connectivity index (χ0n) is 12.5. The van der Waals surface area contributed by atoms with Crippen LogP contribution in [0, 0.1) is 0 Å². The normalized spacial score (nSPS) is 11.3. The highest BCUT2D eigenvalue weighted by molar-refractivity contribution is 9.10. The van der Waals surface area contributed by atoms with E-state index in [9.17, 15) is 0 Å². The first-order valence-electron chi connectivity index (χ1n) is 7.16. The first-order chi connectivity index (χ1) is 11.7. The zero-order chi connectivity index (χ0) is 16.8. The van der Waals surface area contributed by atoms with E-state index in [1.54, 1.807) is 30.9 Å². The second-order valence-electron chi connectivity index (χ2n) is 4.93. The first-order valence-corrected chi connectivity index (χ1v) is 8.33. The summed E-state index contributed by atoms with van der Waals surface area (Å²) in [7, 11) is 0. The van der Waals surface area contributed by atoms with Crippen LogP contribution in [0.5, 0.6) is 0 Å². The number of nitrogens with zero attached hydrogens (tertiary/aromatic N) is 4. The molecule has 7 heteroatoms. The Kier molecular flexibility index (Phi) is 5.51. The number of hydrogen-bond acceptors (Lipinski definition) is 5. The molecule has 24 heavy (non-hydrogen) atoms. The predicted molar refractivity (Wildman–Crippen MR) is 99.3 cm³/mol. The van der Waals surface area contributed by atoms with E-state index in [1.807, 2.05) is 30.3 Å². The van der Waals surface area contributed by atoms with Crippen LogP contribution in [0.2, 0.25) is 5.02 Å². The molecule has 3 aromatic heterocycles. The quantitative estimate of drug-likeness (QED) is 0.391. The molecule has 0 aliphatic carbocycles. The third kappa shape index (κ3) is 4.59. The SMILES string of the molecule is Clc1cncc(N/N=C(/Cc2ccccn2)c2ccnc(Br)c2)c1. The third-order valence-electron chi connectivity index (χ3n) is 3.16. The second-order valence-corrected chi connectivity index (χ2v) is 6.18. The molecule has 0 spiro atoms.